The second-order valence-corrected chi connectivity index (χ2v) is 9.79. The molecule has 0 unspecified atom stereocenters. The van der Waals surface area contributed by atoms with Crippen LogP contribution in [0, 0.1) is 10.1 Å². The van der Waals surface area contributed by atoms with Crippen molar-refractivity contribution in [1.82, 2.24) is 10.3 Å². The van der Waals surface area contributed by atoms with Gasteiger partial charge in [-0.2, -0.15) is 26.3 Å². The molecule has 0 bridgehead atoms. The summed E-state index contributed by atoms with van der Waals surface area (Å²) >= 11 is 0. The molecule has 3 aromatic rings. The second kappa shape index (κ2) is 12.8. The number of aromatic nitrogens is 1. The van der Waals surface area contributed by atoms with E-state index in [4.69, 9.17) is 4.74 Å². The van der Waals surface area contributed by atoms with Crippen molar-refractivity contribution in [3.05, 3.63) is 69.8 Å². The molecule has 1 heterocycles. The van der Waals surface area contributed by atoms with Crippen LogP contribution in [0.5, 0.6) is 0 Å². The van der Waals surface area contributed by atoms with Crippen LogP contribution in [-0.2, 0) is 26.7 Å². The highest BCUT2D eigenvalue weighted by molar-refractivity contribution is 6.39. The third kappa shape index (κ3) is 8.30. The van der Waals surface area contributed by atoms with Crippen LogP contribution in [0.25, 0.3) is 10.9 Å². The van der Waals surface area contributed by atoms with E-state index in [1.54, 1.807) is 0 Å². The zero-order valence-corrected chi connectivity index (χ0v) is 22.2. The third-order valence-corrected chi connectivity index (χ3v) is 6.75. The molecule has 3 N–H and O–H groups in total. The van der Waals surface area contributed by atoms with Crippen LogP contribution >= 0.6 is 0 Å². The summed E-state index contributed by atoms with van der Waals surface area (Å²) in [6.07, 6.45) is -7.29. The van der Waals surface area contributed by atoms with Gasteiger partial charge in [0, 0.05) is 29.7 Å². The number of nitro benzene ring substituents is 1. The zero-order valence-electron chi connectivity index (χ0n) is 22.2. The summed E-state index contributed by atoms with van der Waals surface area (Å²) in [7, 11) is 0. The molecule has 0 aliphatic heterocycles. The molecule has 0 saturated heterocycles. The number of hydrogen-bond donors (Lipinski definition) is 3. The van der Waals surface area contributed by atoms with E-state index in [0.29, 0.717) is 25.7 Å². The maximum absolute atomic E-state index is 13.2. The average molecular weight is 614 g/mol. The smallest absolute Gasteiger partial charge is 0.382 e. The van der Waals surface area contributed by atoms with E-state index in [1.165, 1.54) is 18.2 Å². The topological polar surface area (TPSA) is 135 Å². The standard InChI is InChI=1S/C27H25F6N5O5/c28-26(29,30)16-2-8-21-15(13-16)1-10-23(36-21)37-25(40)24(39)34-11-12-43-19-6-3-17(4-7-19)35-18-5-9-22(38(41)42)20(14-18)27(31,32)33/h1-2,5,8-10,13-14,17,19,35H,3-4,6-7,11-12H2,(H,34,39)(H,36,37,40). The molecular formula is C27H25F6N5O5. The number of amides is 2. The van der Waals surface area contributed by atoms with Gasteiger partial charge in [-0.3, -0.25) is 19.7 Å². The highest BCUT2D eigenvalue weighted by Crippen LogP contribution is 2.38. The van der Waals surface area contributed by atoms with Crippen molar-refractivity contribution in [3.63, 3.8) is 0 Å². The molecule has 0 atom stereocenters. The maximum atomic E-state index is 13.2. The molecule has 230 valence electrons. The fourth-order valence-electron chi connectivity index (χ4n) is 4.64. The minimum Gasteiger partial charge on any atom is -0.382 e. The number of anilines is 2. The lowest BCUT2D eigenvalue weighted by Gasteiger charge is -2.30. The summed E-state index contributed by atoms with van der Waals surface area (Å²) in [4.78, 5) is 38.2. The van der Waals surface area contributed by atoms with Crippen LogP contribution in [0.1, 0.15) is 36.8 Å². The quantitative estimate of drug-likeness (QED) is 0.0979. The van der Waals surface area contributed by atoms with E-state index in [2.05, 4.69) is 20.9 Å². The number of pyridine rings is 1. The summed E-state index contributed by atoms with van der Waals surface area (Å²) in [5.41, 5.74) is -2.86. The van der Waals surface area contributed by atoms with Crippen LogP contribution in [0.2, 0.25) is 0 Å². The monoisotopic (exact) mass is 613 g/mol. The van der Waals surface area contributed by atoms with Gasteiger partial charge in [-0.1, -0.05) is 0 Å². The number of nitrogens with one attached hydrogen (secondary N) is 3. The van der Waals surface area contributed by atoms with Crippen LogP contribution < -0.4 is 16.0 Å². The van der Waals surface area contributed by atoms with Crippen LogP contribution in [0.4, 0.5) is 43.5 Å². The Balaban J connectivity index is 1.18. The first-order valence-corrected chi connectivity index (χ1v) is 13.0. The zero-order chi connectivity index (χ0) is 31.4. The lowest BCUT2D eigenvalue weighted by molar-refractivity contribution is -0.388. The normalized spacial score (nSPS) is 17.3. The number of fused-ring (bicyclic) bond motifs is 1. The Morgan fingerprint density at radius 1 is 0.930 bits per heavy atom. The largest absolute Gasteiger partial charge is 0.423 e. The van der Waals surface area contributed by atoms with E-state index in [0.717, 1.165) is 30.3 Å². The number of alkyl halides is 6. The number of hydrogen-bond acceptors (Lipinski definition) is 7. The van der Waals surface area contributed by atoms with Gasteiger partial charge in [0.25, 0.3) is 5.69 Å². The predicted octanol–water partition coefficient (Wildman–Crippen LogP) is 5.68. The number of rotatable bonds is 8. The van der Waals surface area contributed by atoms with Crippen LogP contribution in [0.3, 0.4) is 0 Å². The first-order chi connectivity index (χ1) is 20.2. The fraction of sp³-hybridized carbons (Fsp3) is 0.370. The van der Waals surface area contributed by atoms with Gasteiger partial charge in [0.15, 0.2) is 0 Å². The van der Waals surface area contributed by atoms with Crippen molar-refractivity contribution in [1.29, 1.82) is 0 Å². The summed E-state index contributed by atoms with van der Waals surface area (Å²) in [5.74, 6) is -2.00. The van der Waals surface area contributed by atoms with Gasteiger partial charge < -0.3 is 20.7 Å². The average Bonchev–Trinajstić information content (AvgIpc) is 2.94. The predicted molar refractivity (Wildman–Crippen MR) is 142 cm³/mol. The number of ether oxygens (including phenoxy) is 1. The van der Waals surface area contributed by atoms with Crippen LogP contribution in [0.15, 0.2) is 48.5 Å². The van der Waals surface area contributed by atoms with Crippen molar-refractivity contribution in [2.45, 2.75) is 50.2 Å². The Labute approximate surface area is 239 Å². The molecule has 16 heteroatoms. The van der Waals surface area contributed by atoms with E-state index in [1.807, 2.05) is 0 Å². The van der Waals surface area contributed by atoms with Gasteiger partial charge in [0.05, 0.1) is 28.7 Å². The number of benzene rings is 2. The number of nitro groups is 1. The Hall–Kier alpha value is -4.47. The molecule has 0 spiro atoms. The first-order valence-electron chi connectivity index (χ1n) is 13.0. The molecule has 2 aromatic carbocycles. The molecule has 43 heavy (non-hydrogen) atoms. The van der Waals surface area contributed by atoms with Crippen molar-refractivity contribution in [3.8, 4) is 0 Å². The van der Waals surface area contributed by atoms with Crippen molar-refractivity contribution in [2.24, 2.45) is 0 Å². The minimum atomic E-state index is -4.87. The van der Waals surface area contributed by atoms with Gasteiger partial charge in [0.1, 0.15) is 11.4 Å². The Morgan fingerprint density at radius 3 is 2.30 bits per heavy atom. The van der Waals surface area contributed by atoms with E-state index >= 15 is 0 Å². The van der Waals surface area contributed by atoms with E-state index < -0.39 is 45.9 Å². The van der Waals surface area contributed by atoms with Gasteiger partial charge >= 0.3 is 24.2 Å². The second-order valence-electron chi connectivity index (χ2n) is 9.79. The van der Waals surface area contributed by atoms with Gasteiger partial charge in [-0.25, -0.2) is 4.98 Å². The minimum absolute atomic E-state index is 0.0127. The molecule has 2 amide bonds. The molecule has 10 nitrogen and oxygen atoms in total. The van der Waals surface area contributed by atoms with Gasteiger partial charge in [0.2, 0.25) is 0 Å². The number of carbonyl (C=O) groups excluding carboxylic acids is 2. The molecule has 1 aliphatic carbocycles. The van der Waals surface area contributed by atoms with E-state index in [-0.39, 0.29) is 47.7 Å². The van der Waals surface area contributed by atoms with Crippen molar-refractivity contribution >= 4 is 39.9 Å². The summed E-state index contributed by atoms with van der Waals surface area (Å²) in [6, 6.07) is 8.19. The number of halogens is 6. The van der Waals surface area contributed by atoms with Gasteiger partial charge in [-0.05, 0) is 68.1 Å². The number of carbonyl (C=O) groups is 2. The Bertz CT molecular complexity index is 1510. The SMILES string of the molecule is O=C(NCCOC1CCC(Nc2ccc([N+](=O)[O-])c(C(F)(F)F)c2)CC1)C(=O)Nc1ccc2cc(C(F)(F)F)ccc2n1. The molecule has 4 rings (SSSR count). The Morgan fingerprint density at radius 2 is 1.65 bits per heavy atom. The third-order valence-electron chi connectivity index (χ3n) is 6.75. The molecular weight excluding hydrogens is 588 g/mol. The highest BCUT2D eigenvalue weighted by Gasteiger charge is 2.38. The fourth-order valence-corrected chi connectivity index (χ4v) is 4.64. The maximum Gasteiger partial charge on any atom is 0.423 e. The van der Waals surface area contributed by atoms with E-state index in [9.17, 15) is 46.0 Å². The summed E-state index contributed by atoms with van der Waals surface area (Å²) in [6.45, 7) is 0.105. The first kappa shape index (κ1) is 31.5. The van der Waals surface area contributed by atoms with Crippen molar-refractivity contribution < 1.29 is 45.6 Å². The van der Waals surface area contributed by atoms with Gasteiger partial charge in [-0.15, -0.1) is 0 Å². The molecule has 1 aliphatic rings. The molecule has 1 fully saturated rings. The highest BCUT2D eigenvalue weighted by atomic mass is 19.4. The lowest BCUT2D eigenvalue weighted by Crippen LogP contribution is -2.38. The summed E-state index contributed by atoms with van der Waals surface area (Å²) in [5, 5.41) is 18.8. The van der Waals surface area contributed by atoms with Crippen LogP contribution in [-0.4, -0.2) is 47.0 Å². The number of nitrogens with zero attached hydrogens (tertiary/aromatic N) is 2. The molecule has 0 radical (unpaired) electrons. The molecule has 1 aromatic heterocycles. The Kier molecular flexibility index (Phi) is 9.37. The lowest BCUT2D eigenvalue weighted by atomic mass is 9.92. The van der Waals surface area contributed by atoms with Crippen molar-refractivity contribution in [2.75, 3.05) is 23.8 Å². The summed E-state index contributed by atoms with van der Waals surface area (Å²) < 4.78 is 84.0. The molecule has 1 saturated carbocycles.